The number of anilines is 3. The van der Waals surface area contributed by atoms with Gasteiger partial charge in [0.05, 0.1) is 0 Å². The molecule has 0 bridgehead atoms. The first-order chi connectivity index (χ1) is 26.5. The lowest BCUT2D eigenvalue weighted by atomic mass is 9.81. The standard InChI is InChI=1S/C53H39N/c1-53(2)51-19-11-10-18-48(51)49-33-26-40(35-52(49)53)38-22-29-43(30-23-38)54(42-27-20-37(21-28-42)36-12-4-3-5-13-36)44-31-24-39(25-32-44)50-34-41-14-6-7-15-45(41)46-16-8-9-17-47(46)50/h3-35H,1-2H3. The summed E-state index contributed by atoms with van der Waals surface area (Å²) in [6, 6.07) is 73.3. The second-order valence-corrected chi connectivity index (χ2v) is 15.0. The highest BCUT2D eigenvalue weighted by molar-refractivity contribution is 6.13. The maximum Gasteiger partial charge on any atom is 0.0462 e. The van der Waals surface area contributed by atoms with E-state index in [-0.39, 0.29) is 5.41 Å². The molecule has 0 aliphatic heterocycles. The zero-order chi connectivity index (χ0) is 36.2. The number of fused-ring (bicyclic) bond motifs is 6. The quantitative estimate of drug-likeness (QED) is 0.157. The molecule has 0 saturated heterocycles. The fraction of sp³-hybridized carbons (Fsp3) is 0.0566. The van der Waals surface area contributed by atoms with Crippen LogP contribution < -0.4 is 4.90 Å². The molecular formula is C53H39N. The van der Waals surface area contributed by atoms with Crippen LogP contribution in [0.25, 0.3) is 66.1 Å². The fourth-order valence-corrected chi connectivity index (χ4v) is 8.65. The highest BCUT2D eigenvalue weighted by atomic mass is 15.1. The molecule has 54 heavy (non-hydrogen) atoms. The van der Waals surface area contributed by atoms with Crippen LogP contribution in [0.2, 0.25) is 0 Å². The molecule has 0 amide bonds. The van der Waals surface area contributed by atoms with Crippen LogP contribution in [0.4, 0.5) is 17.1 Å². The third kappa shape index (κ3) is 5.32. The second-order valence-electron chi connectivity index (χ2n) is 15.0. The van der Waals surface area contributed by atoms with Gasteiger partial charge in [-0.2, -0.15) is 0 Å². The zero-order valence-corrected chi connectivity index (χ0v) is 30.5. The predicted octanol–water partition coefficient (Wildman–Crippen LogP) is 14.8. The number of benzene rings is 9. The van der Waals surface area contributed by atoms with Crippen molar-refractivity contribution < 1.29 is 0 Å². The Labute approximate surface area is 317 Å². The molecule has 1 aliphatic rings. The van der Waals surface area contributed by atoms with Crippen molar-refractivity contribution in [1.82, 2.24) is 0 Å². The van der Waals surface area contributed by atoms with Crippen molar-refractivity contribution in [2.24, 2.45) is 0 Å². The Bertz CT molecular complexity index is 2810. The van der Waals surface area contributed by atoms with Crippen LogP contribution in [0, 0.1) is 0 Å². The Morgan fingerprint density at radius 3 is 1.48 bits per heavy atom. The third-order valence-corrected chi connectivity index (χ3v) is 11.5. The van der Waals surface area contributed by atoms with E-state index in [4.69, 9.17) is 0 Å². The summed E-state index contributed by atoms with van der Waals surface area (Å²) in [7, 11) is 0. The lowest BCUT2D eigenvalue weighted by Gasteiger charge is -2.26. The van der Waals surface area contributed by atoms with E-state index in [1.165, 1.54) is 77.2 Å². The molecule has 9 aromatic rings. The number of hydrogen-bond acceptors (Lipinski definition) is 1. The van der Waals surface area contributed by atoms with E-state index in [2.05, 4.69) is 219 Å². The Balaban J connectivity index is 1.04. The van der Waals surface area contributed by atoms with Gasteiger partial charge >= 0.3 is 0 Å². The molecule has 256 valence electrons. The largest absolute Gasteiger partial charge is 0.311 e. The van der Waals surface area contributed by atoms with Crippen molar-refractivity contribution in [2.75, 3.05) is 4.90 Å². The van der Waals surface area contributed by atoms with Crippen molar-refractivity contribution in [3.63, 3.8) is 0 Å². The summed E-state index contributed by atoms with van der Waals surface area (Å²) in [6.07, 6.45) is 0. The average Bonchev–Trinajstić information content (AvgIpc) is 3.47. The molecule has 0 atom stereocenters. The first-order valence-electron chi connectivity index (χ1n) is 18.8. The van der Waals surface area contributed by atoms with Gasteiger partial charge in [0.25, 0.3) is 0 Å². The summed E-state index contributed by atoms with van der Waals surface area (Å²) in [5, 5.41) is 5.10. The SMILES string of the molecule is CC1(C)c2ccccc2-c2ccc(-c3ccc(N(c4ccc(-c5ccccc5)cc4)c4ccc(-c5cc6ccccc6c6ccccc56)cc4)cc3)cc21. The summed E-state index contributed by atoms with van der Waals surface area (Å²) in [6.45, 7) is 4.69. The molecular weight excluding hydrogens is 651 g/mol. The average molecular weight is 690 g/mol. The van der Waals surface area contributed by atoms with E-state index in [0.717, 1.165) is 17.1 Å². The molecule has 1 nitrogen and oxygen atoms in total. The molecule has 0 N–H and O–H groups in total. The van der Waals surface area contributed by atoms with E-state index in [1.807, 2.05) is 0 Å². The van der Waals surface area contributed by atoms with Gasteiger partial charge in [-0.15, -0.1) is 0 Å². The summed E-state index contributed by atoms with van der Waals surface area (Å²) >= 11 is 0. The second kappa shape index (κ2) is 12.8. The molecule has 0 unspecified atom stereocenters. The Hall–Kier alpha value is -6.70. The van der Waals surface area contributed by atoms with Gasteiger partial charge in [0.2, 0.25) is 0 Å². The highest BCUT2D eigenvalue weighted by Gasteiger charge is 2.35. The lowest BCUT2D eigenvalue weighted by molar-refractivity contribution is 0.660. The smallest absolute Gasteiger partial charge is 0.0462 e. The predicted molar refractivity (Wildman–Crippen MR) is 230 cm³/mol. The summed E-state index contributed by atoms with van der Waals surface area (Å²) in [5.41, 5.74) is 16.1. The Morgan fingerprint density at radius 1 is 0.315 bits per heavy atom. The molecule has 9 aromatic carbocycles. The van der Waals surface area contributed by atoms with Crippen LogP contribution >= 0.6 is 0 Å². The third-order valence-electron chi connectivity index (χ3n) is 11.5. The first kappa shape index (κ1) is 32.0. The molecule has 0 heterocycles. The van der Waals surface area contributed by atoms with Crippen molar-refractivity contribution >= 4 is 38.6 Å². The van der Waals surface area contributed by atoms with E-state index in [0.29, 0.717) is 0 Å². The molecule has 0 spiro atoms. The number of rotatable bonds is 6. The van der Waals surface area contributed by atoms with Gasteiger partial charge in [0, 0.05) is 22.5 Å². The van der Waals surface area contributed by atoms with Crippen molar-refractivity contribution in [3.05, 3.63) is 211 Å². The topological polar surface area (TPSA) is 3.24 Å². The molecule has 10 rings (SSSR count). The Kier molecular flexibility index (Phi) is 7.56. The van der Waals surface area contributed by atoms with Crippen LogP contribution in [-0.2, 0) is 5.41 Å². The van der Waals surface area contributed by atoms with E-state index in [1.54, 1.807) is 0 Å². The molecule has 0 radical (unpaired) electrons. The van der Waals surface area contributed by atoms with Gasteiger partial charge in [0.1, 0.15) is 0 Å². The lowest BCUT2D eigenvalue weighted by Crippen LogP contribution is -2.14. The van der Waals surface area contributed by atoms with Gasteiger partial charge in [-0.05, 0) is 126 Å². The molecule has 0 saturated carbocycles. The fourth-order valence-electron chi connectivity index (χ4n) is 8.65. The highest BCUT2D eigenvalue weighted by Crippen LogP contribution is 2.49. The van der Waals surface area contributed by atoms with Crippen LogP contribution in [0.15, 0.2) is 200 Å². The molecule has 1 heteroatoms. The van der Waals surface area contributed by atoms with Crippen LogP contribution in [0.5, 0.6) is 0 Å². The maximum atomic E-state index is 2.40. The van der Waals surface area contributed by atoms with Gasteiger partial charge < -0.3 is 4.90 Å². The van der Waals surface area contributed by atoms with E-state index < -0.39 is 0 Å². The molecule has 0 aromatic heterocycles. The van der Waals surface area contributed by atoms with Crippen molar-refractivity contribution in [2.45, 2.75) is 19.3 Å². The minimum Gasteiger partial charge on any atom is -0.311 e. The van der Waals surface area contributed by atoms with Crippen LogP contribution in [-0.4, -0.2) is 0 Å². The number of hydrogen-bond donors (Lipinski definition) is 0. The summed E-state index contributed by atoms with van der Waals surface area (Å²) < 4.78 is 0. The van der Waals surface area contributed by atoms with Crippen molar-refractivity contribution in [3.8, 4) is 44.5 Å². The van der Waals surface area contributed by atoms with Gasteiger partial charge in [-0.25, -0.2) is 0 Å². The van der Waals surface area contributed by atoms with Gasteiger partial charge in [0.15, 0.2) is 0 Å². The maximum absolute atomic E-state index is 2.40. The van der Waals surface area contributed by atoms with Gasteiger partial charge in [-0.1, -0.05) is 166 Å². The monoisotopic (exact) mass is 689 g/mol. The van der Waals surface area contributed by atoms with E-state index in [9.17, 15) is 0 Å². The molecule has 0 fully saturated rings. The van der Waals surface area contributed by atoms with Crippen LogP contribution in [0.1, 0.15) is 25.0 Å². The molecule has 1 aliphatic carbocycles. The summed E-state index contributed by atoms with van der Waals surface area (Å²) in [5.74, 6) is 0. The Morgan fingerprint density at radius 2 is 0.796 bits per heavy atom. The van der Waals surface area contributed by atoms with Crippen molar-refractivity contribution in [1.29, 1.82) is 0 Å². The minimum atomic E-state index is -0.0319. The zero-order valence-electron chi connectivity index (χ0n) is 30.5. The number of nitrogens with zero attached hydrogens (tertiary/aromatic N) is 1. The minimum absolute atomic E-state index is 0.0319. The van der Waals surface area contributed by atoms with Gasteiger partial charge in [-0.3, -0.25) is 0 Å². The normalized spacial score (nSPS) is 12.8. The van der Waals surface area contributed by atoms with Crippen LogP contribution in [0.3, 0.4) is 0 Å². The summed E-state index contributed by atoms with van der Waals surface area (Å²) in [4.78, 5) is 2.36. The van der Waals surface area contributed by atoms with E-state index >= 15 is 0 Å². The first-order valence-corrected chi connectivity index (χ1v) is 18.8.